The first kappa shape index (κ1) is 18.4. The van der Waals surface area contributed by atoms with E-state index in [2.05, 4.69) is 31.4 Å². The molecule has 0 spiro atoms. The van der Waals surface area contributed by atoms with Crippen LogP contribution in [0.15, 0.2) is 23.0 Å². The second-order valence-corrected chi connectivity index (χ2v) is 9.36. The zero-order valence-electron chi connectivity index (χ0n) is 16.6. The molecule has 3 fully saturated rings. The molecule has 2 N–H and O–H groups in total. The van der Waals surface area contributed by atoms with E-state index in [0.717, 1.165) is 19.3 Å². The Morgan fingerprint density at radius 2 is 1.89 bits per heavy atom. The molecule has 27 heavy (non-hydrogen) atoms. The predicted octanol–water partition coefficient (Wildman–Crippen LogP) is 3.40. The molecule has 0 aromatic carbocycles. The molecule has 6 heteroatoms. The molecule has 6 nitrogen and oxygen atoms in total. The maximum atomic E-state index is 12.6. The highest BCUT2D eigenvalue weighted by Crippen LogP contribution is 2.65. The SMILES string of the molecule is CC1(C)[C@H]2CC[C@@]1(C)[C@H](NC(=O)NC1CCN(C(=O)c3ccoc3)CC1)C2. The summed E-state index contributed by atoms with van der Waals surface area (Å²) in [6.07, 6.45) is 8.14. The number of likely N-dealkylation sites (tertiary alicyclic amines) is 1. The molecular weight excluding hydrogens is 342 g/mol. The lowest BCUT2D eigenvalue weighted by molar-refractivity contribution is 0.0706. The van der Waals surface area contributed by atoms with Gasteiger partial charge in [0.1, 0.15) is 6.26 Å². The van der Waals surface area contributed by atoms with E-state index in [4.69, 9.17) is 4.42 Å². The first-order valence-electron chi connectivity index (χ1n) is 10.2. The van der Waals surface area contributed by atoms with Crippen molar-refractivity contribution in [3.63, 3.8) is 0 Å². The third-order valence-corrected chi connectivity index (χ3v) is 7.98. The number of carbonyl (C=O) groups is 2. The van der Waals surface area contributed by atoms with Gasteiger partial charge in [0.2, 0.25) is 0 Å². The average Bonchev–Trinajstić information content (AvgIpc) is 3.28. The fourth-order valence-electron chi connectivity index (χ4n) is 5.60. The number of urea groups is 1. The van der Waals surface area contributed by atoms with E-state index in [1.54, 1.807) is 6.07 Å². The lowest BCUT2D eigenvalue weighted by Gasteiger charge is -2.40. The standard InChI is InChI=1S/C21H31N3O3/c1-20(2)15-4-8-21(20,3)17(12-15)23-19(26)22-16-5-9-24(10-6-16)18(25)14-7-11-27-13-14/h7,11,13,15-17H,4-6,8-10,12H2,1-3H3,(H2,22,23,26)/t15-,17+,21-/m0/s1. The summed E-state index contributed by atoms with van der Waals surface area (Å²) < 4.78 is 4.99. The Balaban J connectivity index is 1.26. The number of rotatable bonds is 3. The van der Waals surface area contributed by atoms with Gasteiger partial charge in [0, 0.05) is 25.2 Å². The van der Waals surface area contributed by atoms with Gasteiger partial charge in [0.25, 0.3) is 5.91 Å². The summed E-state index contributed by atoms with van der Waals surface area (Å²) in [5.74, 6) is 0.716. The summed E-state index contributed by atoms with van der Waals surface area (Å²) in [4.78, 5) is 26.8. The van der Waals surface area contributed by atoms with Crippen LogP contribution >= 0.6 is 0 Å². The normalized spacial score (nSPS) is 32.5. The van der Waals surface area contributed by atoms with Crippen molar-refractivity contribution >= 4 is 11.9 Å². The average molecular weight is 373 g/mol. The van der Waals surface area contributed by atoms with E-state index in [0.29, 0.717) is 30.0 Å². The topological polar surface area (TPSA) is 74.6 Å². The zero-order valence-corrected chi connectivity index (χ0v) is 16.6. The molecule has 3 atom stereocenters. The van der Waals surface area contributed by atoms with Crippen LogP contribution in [-0.4, -0.2) is 42.0 Å². The number of fused-ring (bicyclic) bond motifs is 2. The van der Waals surface area contributed by atoms with Gasteiger partial charge in [-0.05, 0) is 54.9 Å². The minimum atomic E-state index is -0.0517. The van der Waals surface area contributed by atoms with E-state index in [1.807, 2.05) is 4.90 Å². The van der Waals surface area contributed by atoms with Crippen LogP contribution in [0.4, 0.5) is 4.79 Å². The lowest BCUT2D eigenvalue weighted by Crippen LogP contribution is -2.54. The number of carbonyl (C=O) groups excluding carboxylic acids is 2. The quantitative estimate of drug-likeness (QED) is 0.853. The van der Waals surface area contributed by atoms with Gasteiger partial charge in [-0.1, -0.05) is 20.8 Å². The van der Waals surface area contributed by atoms with Crippen LogP contribution in [0.1, 0.15) is 63.2 Å². The molecular formula is C21H31N3O3. The summed E-state index contributed by atoms with van der Waals surface area (Å²) in [5, 5.41) is 6.40. The van der Waals surface area contributed by atoms with Crippen LogP contribution in [0.5, 0.6) is 0 Å². The summed E-state index contributed by atoms with van der Waals surface area (Å²) in [7, 11) is 0. The third-order valence-electron chi connectivity index (χ3n) is 7.98. The molecule has 1 aliphatic heterocycles. The van der Waals surface area contributed by atoms with Crippen molar-refractivity contribution in [2.24, 2.45) is 16.7 Å². The monoisotopic (exact) mass is 373 g/mol. The highest BCUT2D eigenvalue weighted by molar-refractivity contribution is 5.93. The van der Waals surface area contributed by atoms with Gasteiger partial charge < -0.3 is 20.0 Å². The number of hydrogen-bond donors (Lipinski definition) is 2. The Bertz CT molecular complexity index is 706. The molecule has 3 aliphatic rings. The zero-order chi connectivity index (χ0) is 19.2. The molecule has 2 bridgehead atoms. The molecule has 1 aromatic rings. The van der Waals surface area contributed by atoms with Crippen molar-refractivity contribution in [3.8, 4) is 0 Å². The minimum Gasteiger partial charge on any atom is -0.472 e. The summed E-state index contributed by atoms with van der Waals surface area (Å²) >= 11 is 0. The van der Waals surface area contributed by atoms with Gasteiger partial charge in [-0.3, -0.25) is 4.79 Å². The maximum absolute atomic E-state index is 12.6. The number of furan rings is 1. The van der Waals surface area contributed by atoms with E-state index in [-0.39, 0.29) is 29.4 Å². The number of amides is 3. The Kier molecular flexibility index (Phi) is 4.47. The van der Waals surface area contributed by atoms with Crippen molar-refractivity contribution in [2.75, 3.05) is 13.1 Å². The second-order valence-electron chi connectivity index (χ2n) is 9.36. The van der Waals surface area contributed by atoms with Gasteiger partial charge in [0.05, 0.1) is 11.8 Å². The first-order chi connectivity index (χ1) is 12.8. The Morgan fingerprint density at radius 3 is 2.44 bits per heavy atom. The van der Waals surface area contributed by atoms with E-state index in [1.165, 1.54) is 25.4 Å². The fourth-order valence-corrected chi connectivity index (χ4v) is 5.60. The van der Waals surface area contributed by atoms with Gasteiger partial charge in [-0.2, -0.15) is 0 Å². The van der Waals surface area contributed by atoms with E-state index in [9.17, 15) is 9.59 Å². The van der Waals surface area contributed by atoms with Gasteiger partial charge >= 0.3 is 6.03 Å². The van der Waals surface area contributed by atoms with Gasteiger partial charge in [0.15, 0.2) is 0 Å². The number of nitrogens with one attached hydrogen (secondary N) is 2. The molecule has 4 rings (SSSR count). The maximum Gasteiger partial charge on any atom is 0.315 e. The molecule has 2 heterocycles. The Hall–Kier alpha value is -1.98. The van der Waals surface area contributed by atoms with Crippen LogP contribution in [0.2, 0.25) is 0 Å². The largest absolute Gasteiger partial charge is 0.472 e. The van der Waals surface area contributed by atoms with Crippen molar-refractivity contribution in [2.45, 2.75) is 65.0 Å². The molecule has 2 saturated carbocycles. The minimum absolute atomic E-state index is 0.00351. The van der Waals surface area contributed by atoms with Crippen LogP contribution in [0, 0.1) is 16.7 Å². The van der Waals surface area contributed by atoms with Crippen molar-refractivity contribution in [3.05, 3.63) is 24.2 Å². The second kappa shape index (κ2) is 6.57. The summed E-state index contributed by atoms with van der Waals surface area (Å²) in [6.45, 7) is 8.37. The van der Waals surface area contributed by atoms with E-state index >= 15 is 0 Å². The van der Waals surface area contributed by atoms with Crippen molar-refractivity contribution in [1.29, 1.82) is 0 Å². The van der Waals surface area contributed by atoms with Crippen LogP contribution in [-0.2, 0) is 0 Å². The van der Waals surface area contributed by atoms with Gasteiger partial charge in [-0.15, -0.1) is 0 Å². The smallest absolute Gasteiger partial charge is 0.315 e. The van der Waals surface area contributed by atoms with Gasteiger partial charge in [-0.25, -0.2) is 4.79 Å². The highest BCUT2D eigenvalue weighted by Gasteiger charge is 2.61. The van der Waals surface area contributed by atoms with Crippen molar-refractivity contribution < 1.29 is 14.0 Å². The molecule has 0 unspecified atom stereocenters. The van der Waals surface area contributed by atoms with E-state index < -0.39 is 0 Å². The Morgan fingerprint density at radius 1 is 1.15 bits per heavy atom. The predicted molar refractivity (Wildman–Crippen MR) is 102 cm³/mol. The molecule has 148 valence electrons. The van der Waals surface area contributed by atoms with Crippen LogP contribution in [0.25, 0.3) is 0 Å². The number of hydrogen-bond acceptors (Lipinski definition) is 3. The third kappa shape index (κ3) is 3.03. The lowest BCUT2D eigenvalue weighted by atomic mass is 9.69. The molecule has 1 aromatic heterocycles. The fraction of sp³-hybridized carbons (Fsp3) is 0.714. The number of nitrogens with zero attached hydrogens (tertiary/aromatic N) is 1. The summed E-state index contributed by atoms with van der Waals surface area (Å²) in [6, 6.07) is 2.02. The van der Waals surface area contributed by atoms with Crippen LogP contribution < -0.4 is 10.6 Å². The highest BCUT2D eigenvalue weighted by atomic mass is 16.3. The molecule has 0 radical (unpaired) electrons. The first-order valence-corrected chi connectivity index (χ1v) is 10.2. The van der Waals surface area contributed by atoms with Crippen molar-refractivity contribution in [1.82, 2.24) is 15.5 Å². The molecule has 1 saturated heterocycles. The Labute approximate surface area is 161 Å². The number of piperidine rings is 1. The van der Waals surface area contributed by atoms with Crippen LogP contribution in [0.3, 0.4) is 0 Å². The molecule has 2 aliphatic carbocycles. The molecule has 3 amide bonds. The summed E-state index contributed by atoms with van der Waals surface area (Å²) in [5.41, 5.74) is 1.07.